The maximum atomic E-state index is 4.46. The van der Waals surface area contributed by atoms with Crippen LogP contribution in [0.3, 0.4) is 0 Å². The van der Waals surface area contributed by atoms with E-state index in [1.807, 2.05) is 24.4 Å². The lowest BCUT2D eigenvalue weighted by atomic mass is 10.1. The Morgan fingerprint density at radius 3 is 2.81 bits per heavy atom. The highest BCUT2D eigenvalue weighted by Gasteiger charge is 2.05. The number of nitrogens with zero attached hydrogens (tertiary/aromatic N) is 1. The fourth-order valence-electron chi connectivity index (χ4n) is 1.72. The molecule has 0 radical (unpaired) electrons. The van der Waals surface area contributed by atoms with Gasteiger partial charge >= 0.3 is 0 Å². The van der Waals surface area contributed by atoms with E-state index in [2.05, 4.69) is 44.5 Å². The lowest BCUT2D eigenvalue weighted by Crippen LogP contribution is -1.81. The summed E-state index contributed by atoms with van der Waals surface area (Å²) < 4.78 is 1.16. The van der Waals surface area contributed by atoms with Crippen LogP contribution in [0.15, 0.2) is 51.8 Å². The first-order valence-electron chi connectivity index (χ1n) is 4.93. The van der Waals surface area contributed by atoms with Gasteiger partial charge in [0.25, 0.3) is 0 Å². The van der Waals surface area contributed by atoms with Crippen molar-refractivity contribution in [3.8, 4) is 11.1 Å². The largest absolute Gasteiger partial charge is 0.256 e. The minimum absolute atomic E-state index is 1.04. The van der Waals surface area contributed by atoms with Gasteiger partial charge in [0.05, 0.1) is 9.30 Å². The van der Waals surface area contributed by atoms with Gasteiger partial charge in [-0.25, -0.2) is 0 Å². The second-order valence-electron chi connectivity index (χ2n) is 3.52. The molecule has 78 valence electrons. The summed E-state index contributed by atoms with van der Waals surface area (Å²) in [6, 6.07) is 12.5. The number of thiophene rings is 1. The van der Waals surface area contributed by atoms with E-state index in [0.29, 0.717) is 0 Å². The molecule has 3 rings (SSSR count). The number of para-hydroxylation sites is 1. The number of hydrogen-bond donors (Lipinski definition) is 0. The van der Waals surface area contributed by atoms with Crippen LogP contribution in [0.5, 0.6) is 0 Å². The first-order valence-corrected chi connectivity index (χ1v) is 6.60. The van der Waals surface area contributed by atoms with E-state index in [9.17, 15) is 0 Å². The van der Waals surface area contributed by atoms with Crippen LogP contribution in [0, 0.1) is 0 Å². The van der Waals surface area contributed by atoms with Gasteiger partial charge in [-0.1, -0.05) is 18.2 Å². The topological polar surface area (TPSA) is 12.9 Å². The molecule has 0 saturated heterocycles. The zero-order valence-corrected chi connectivity index (χ0v) is 10.8. The van der Waals surface area contributed by atoms with Crippen molar-refractivity contribution in [2.24, 2.45) is 0 Å². The average Bonchev–Trinajstić information content (AvgIpc) is 2.75. The van der Waals surface area contributed by atoms with Gasteiger partial charge in [-0.3, -0.25) is 4.98 Å². The highest BCUT2D eigenvalue weighted by Crippen LogP contribution is 2.33. The SMILES string of the molecule is Brc1sccc1-c1cnc2ccccc2c1. The third-order valence-electron chi connectivity index (χ3n) is 2.52. The summed E-state index contributed by atoms with van der Waals surface area (Å²) in [4.78, 5) is 4.46. The van der Waals surface area contributed by atoms with Gasteiger partial charge < -0.3 is 0 Å². The molecule has 0 amide bonds. The van der Waals surface area contributed by atoms with Crippen molar-refractivity contribution >= 4 is 38.2 Å². The summed E-state index contributed by atoms with van der Waals surface area (Å²) in [5, 5.41) is 3.26. The van der Waals surface area contributed by atoms with Crippen LogP contribution in [0.1, 0.15) is 0 Å². The molecule has 0 unspecified atom stereocenters. The molecular formula is C13H8BrNS. The van der Waals surface area contributed by atoms with E-state index in [0.717, 1.165) is 14.9 Å². The van der Waals surface area contributed by atoms with Gasteiger partial charge in [0, 0.05) is 22.7 Å². The Balaban J connectivity index is 2.23. The summed E-state index contributed by atoms with van der Waals surface area (Å²) in [7, 11) is 0. The summed E-state index contributed by atoms with van der Waals surface area (Å²) in [5.74, 6) is 0. The quantitative estimate of drug-likeness (QED) is 0.631. The van der Waals surface area contributed by atoms with Crippen molar-refractivity contribution in [3.63, 3.8) is 0 Å². The van der Waals surface area contributed by atoms with Gasteiger partial charge in [0.1, 0.15) is 0 Å². The molecule has 0 aliphatic carbocycles. The lowest BCUT2D eigenvalue weighted by Gasteiger charge is -2.01. The van der Waals surface area contributed by atoms with E-state index in [1.165, 1.54) is 10.9 Å². The van der Waals surface area contributed by atoms with E-state index >= 15 is 0 Å². The molecule has 1 aromatic carbocycles. The smallest absolute Gasteiger partial charge is 0.0777 e. The number of rotatable bonds is 1. The van der Waals surface area contributed by atoms with Crippen LogP contribution < -0.4 is 0 Å². The zero-order valence-electron chi connectivity index (χ0n) is 8.35. The van der Waals surface area contributed by atoms with Gasteiger partial charge in [-0.05, 0) is 39.5 Å². The van der Waals surface area contributed by atoms with Crippen molar-refractivity contribution < 1.29 is 0 Å². The molecule has 0 saturated carbocycles. The number of aromatic nitrogens is 1. The van der Waals surface area contributed by atoms with Gasteiger partial charge in [-0.15, -0.1) is 11.3 Å². The molecule has 16 heavy (non-hydrogen) atoms. The Hall–Kier alpha value is -1.19. The Labute approximate surface area is 106 Å². The predicted molar refractivity (Wildman–Crippen MR) is 72.8 cm³/mol. The van der Waals surface area contributed by atoms with Crippen molar-refractivity contribution in [1.29, 1.82) is 0 Å². The molecule has 0 aliphatic heterocycles. The molecule has 3 heteroatoms. The van der Waals surface area contributed by atoms with Crippen molar-refractivity contribution in [3.05, 3.63) is 51.8 Å². The van der Waals surface area contributed by atoms with Gasteiger partial charge in [0.15, 0.2) is 0 Å². The fraction of sp³-hybridized carbons (Fsp3) is 0. The highest BCUT2D eigenvalue weighted by molar-refractivity contribution is 9.11. The third-order valence-corrected chi connectivity index (χ3v) is 4.21. The summed E-state index contributed by atoms with van der Waals surface area (Å²) in [6.45, 7) is 0. The van der Waals surface area contributed by atoms with Gasteiger partial charge in [-0.2, -0.15) is 0 Å². The Bertz CT molecular complexity index is 645. The second-order valence-corrected chi connectivity index (χ2v) is 5.76. The molecular weight excluding hydrogens is 282 g/mol. The second kappa shape index (κ2) is 4.00. The lowest BCUT2D eigenvalue weighted by molar-refractivity contribution is 1.41. The van der Waals surface area contributed by atoms with Crippen molar-refractivity contribution in [1.82, 2.24) is 4.98 Å². The fourth-order valence-corrected chi connectivity index (χ4v) is 3.04. The third kappa shape index (κ3) is 1.66. The molecule has 2 aromatic heterocycles. The Morgan fingerprint density at radius 1 is 1.12 bits per heavy atom. The van der Waals surface area contributed by atoms with Crippen LogP contribution in [0.25, 0.3) is 22.0 Å². The molecule has 0 aliphatic rings. The molecule has 1 nitrogen and oxygen atoms in total. The van der Waals surface area contributed by atoms with E-state index in [4.69, 9.17) is 0 Å². The summed E-state index contributed by atoms with van der Waals surface area (Å²) >= 11 is 5.25. The number of hydrogen-bond acceptors (Lipinski definition) is 2. The molecule has 0 N–H and O–H groups in total. The minimum atomic E-state index is 1.04. The van der Waals surface area contributed by atoms with Crippen LogP contribution in [-0.2, 0) is 0 Å². The van der Waals surface area contributed by atoms with Crippen LogP contribution in [0.2, 0.25) is 0 Å². The molecule has 3 aromatic rings. The number of halogens is 1. The Morgan fingerprint density at radius 2 is 2.00 bits per heavy atom. The standard InChI is InChI=1S/C13H8BrNS/c14-13-11(5-6-16-13)10-7-9-3-1-2-4-12(9)15-8-10/h1-8H. The molecule has 0 fully saturated rings. The number of benzene rings is 1. The molecule has 0 bridgehead atoms. The maximum Gasteiger partial charge on any atom is 0.0777 e. The van der Waals surface area contributed by atoms with Crippen LogP contribution in [-0.4, -0.2) is 4.98 Å². The van der Waals surface area contributed by atoms with Crippen molar-refractivity contribution in [2.75, 3.05) is 0 Å². The van der Waals surface area contributed by atoms with Crippen LogP contribution >= 0.6 is 27.3 Å². The normalized spacial score (nSPS) is 10.8. The van der Waals surface area contributed by atoms with Crippen LogP contribution in [0.4, 0.5) is 0 Å². The number of pyridine rings is 1. The highest BCUT2D eigenvalue weighted by atomic mass is 79.9. The Kier molecular flexibility index (Phi) is 2.50. The summed E-state index contributed by atoms with van der Waals surface area (Å²) in [5.41, 5.74) is 3.41. The first kappa shape index (κ1) is 10.00. The monoisotopic (exact) mass is 289 g/mol. The zero-order chi connectivity index (χ0) is 11.0. The minimum Gasteiger partial charge on any atom is -0.256 e. The molecule has 2 heterocycles. The van der Waals surface area contributed by atoms with E-state index in [-0.39, 0.29) is 0 Å². The molecule has 0 atom stereocenters. The maximum absolute atomic E-state index is 4.46. The first-order chi connectivity index (χ1) is 7.84. The summed E-state index contributed by atoms with van der Waals surface area (Å²) in [6.07, 6.45) is 1.93. The van der Waals surface area contributed by atoms with E-state index < -0.39 is 0 Å². The van der Waals surface area contributed by atoms with Crippen molar-refractivity contribution in [2.45, 2.75) is 0 Å². The van der Waals surface area contributed by atoms with E-state index in [1.54, 1.807) is 11.3 Å². The van der Waals surface area contributed by atoms with Gasteiger partial charge in [0.2, 0.25) is 0 Å². The number of fused-ring (bicyclic) bond motifs is 1. The molecule has 0 spiro atoms. The average molecular weight is 290 g/mol. The predicted octanol–water partition coefficient (Wildman–Crippen LogP) is 4.73.